The number of hydrogen-bond acceptors (Lipinski definition) is 7. The molecule has 4 rings (SSSR count). The fraction of sp³-hybridized carbons (Fsp3) is 0.412. The van der Waals surface area contributed by atoms with Crippen molar-refractivity contribution in [3.8, 4) is 11.5 Å². The first-order chi connectivity index (χ1) is 20.1. The topological polar surface area (TPSA) is 54.0 Å². The maximum atomic E-state index is 13.1. The number of benzene rings is 3. The van der Waals surface area contributed by atoms with E-state index in [4.69, 9.17) is 30.9 Å². The minimum absolute atomic E-state index is 0.0930. The third-order valence-electron chi connectivity index (χ3n) is 8.50. The number of ether oxygens (including phenoxy) is 3. The molecule has 0 radical (unpaired) electrons. The van der Waals surface area contributed by atoms with Gasteiger partial charge >= 0.3 is 0 Å². The average Bonchev–Trinajstić information content (AvgIpc) is 3.00. The number of thioether (sulfide) groups is 1. The fourth-order valence-corrected chi connectivity index (χ4v) is 11.2. The van der Waals surface area contributed by atoms with Gasteiger partial charge in [0.1, 0.15) is 0 Å². The van der Waals surface area contributed by atoms with Crippen molar-refractivity contribution in [3.05, 3.63) is 84.4 Å². The summed E-state index contributed by atoms with van der Waals surface area (Å²) in [6.07, 6.45) is 3.61. The molecule has 0 aromatic heterocycles. The molecule has 0 saturated heterocycles. The van der Waals surface area contributed by atoms with Crippen molar-refractivity contribution in [2.75, 3.05) is 27.1 Å². The first-order valence-electron chi connectivity index (χ1n) is 14.3. The maximum absolute atomic E-state index is 13.1. The van der Waals surface area contributed by atoms with Gasteiger partial charge in [0.25, 0.3) is 8.32 Å². The van der Waals surface area contributed by atoms with E-state index < -0.39 is 14.4 Å². The van der Waals surface area contributed by atoms with Gasteiger partial charge in [-0.1, -0.05) is 99.3 Å². The van der Waals surface area contributed by atoms with Crippen LogP contribution in [0.25, 0.3) is 0 Å². The zero-order valence-electron chi connectivity index (χ0n) is 25.5. The second-order valence-corrected chi connectivity index (χ2v) is 17.6. The second-order valence-electron chi connectivity index (χ2n) is 11.8. The van der Waals surface area contributed by atoms with E-state index in [-0.39, 0.29) is 16.2 Å². The average molecular weight is 623 g/mol. The Bertz CT molecular complexity index is 1320. The van der Waals surface area contributed by atoms with Gasteiger partial charge in [0, 0.05) is 24.9 Å². The Balaban J connectivity index is 1.76. The largest absolute Gasteiger partial charge is 0.493 e. The first kappa shape index (κ1) is 32.3. The summed E-state index contributed by atoms with van der Waals surface area (Å²) < 4.78 is 25.0. The van der Waals surface area contributed by atoms with Crippen molar-refractivity contribution in [2.24, 2.45) is 0 Å². The monoisotopic (exact) mass is 622 g/mol. The van der Waals surface area contributed by atoms with Crippen LogP contribution < -0.4 is 19.8 Å². The molecule has 0 bridgehead atoms. The van der Waals surface area contributed by atoms with Crippen molar-refractivity contribution < 1.29 is 23.4 Å². The van der Waals surface area contributed by atoms with Crippen LogP contribution in [0.5, 0.6) is 11.5 Å². The molecule has 1 fully saturated rings. The van der Waals surface area contributed by atoms with Crippen LogP contribution in [0, 0.1) is 0 Å². The van der Waals surface area contributed by atoms with E-state index in [1.165, 1.54) is 22.1 Å². The van der Waals surface area contributed by atoms with Crippen LogP contribution in [0.1, 0.15) is 52.0 Å². The van der Waals surface area contributed by atoms with Crippen molar-refractivity contribution in [1.82, 2.24) is 0 Å². The van der Waals surface area contributed by atoms with Crippen LogP contribution in [0.15, 0.2) is 78.9 Å². The zero-order valence-corrected chi connectivity index (χ0v) is 28.1. The summed E-state index contributed by atoms with van der Waals surface area (Å²) in [4.78, 5) is 13.1. The Kier molecular flexibility index (Phi) is 10.6. The number of thiocarbonyl (C=S) groups is 1. The SMILES string of the molecule is COc1ccc([C@@]2(CCO[Si](c3ccccc3)(c3ccccc3)C(C)(C)C)CCC(=O)C(OC(=S)SC)C2)cc1OC. The molecule has 224 valence electrons. The molecule has 3 aromatic carbocycles. The highest BCUT2D eigenvalue weighted by atomic mass is 32.2. The lowest BCUT2D eigenvalue weighted by molar-refractivity contribution is -0.130. The van der Waals surface area contributed by atoms with Gasteiger partial charge in [-0.2, -0.15) is 0 Å². The summed E-state index contributed by atoms with van der Waals surface area (Å²) >= 11 is 6.72. The Labute approximate surface area is 261 Å². The standard InChI is InChI=1S/C34H42O5S2Si/c1-33(2,3)42(26-13-9-7-10-14-26,27-15-11-8-12-16-27)38-22-21-34(25-17-18-29(36-4)30(23-25)37-5)20-19-28(35)31(24-34)39-32(40)41-6/h7-18,23,31H,19-22,24H2,1-6H3/t31?,34-/m1/s1. The highest BCUT2D eigenvalue weighted by Gasteiger charge is 2.51. The third-order valence-corrected chi connectivity index (χ3v) is 14.6. The number of Topliss-reactive ketones (excluding diaryl/α,β-unsaturated/α-hetero) is 1. The Morgan fingerprint density at radius 2 is 1.55 bits per heavy atom. The van der Waals surface area contributed by atoms with Gasteiger partial charge in [0.05, 0.1) is 14.2 Å². The summed E-state index contributed by atoms with van der Waals surface area (Å²) in [5, 5.41) is 2.36. The van der Waals surface area contributed by atoms with Gasteiger partial charge in [-0.25, -0.2) is 0 Å². The van der Waals surface area contributed by atoms with Gasteiger partial charge in [0.2, 0.25) is 4.38 Å². The molecule has 5 nitrogen and oxygen atoms in total. The number of hydrogen-bond donors (Lipinski definition) is 0. The molecular weight excluding hydrogens is 581 g/mol. The lowest BCUT2D eigenvalue weighted by Gasteiger charge is -2.45. The molecule has 0 N–H and O–H groups in total. The minimum Gasteiger partial charge on any atom is -0.493 e. The van der Waals surface area contributed by atoms with Gasteiger partial charge in [0.15, 0.2) is 23.4 Å². The lowest BCUT2D eigenvalue weighted by atomic mass is 9.66. The first-order valence-corrected chi connectivity index (χ1v) is 17.9. The number of carbonyl (C=O) groups excluding carboxylic acids is 1. The molecule has 0 heterocycles. The Hall–Kier alpha value is -2.65. The van der Waals surface area contributed by atoms with Gasteiger partial charge < -0.3 is 18.6 Å². The summed E-state index contributed by atoms with van der Waals surface area (Å²) in [6.45, 7) is 7.39. The summed E-state index contributed by atoms with van der Waals surface area (Å²) in [6, 6.07) is 27.4. The molecule has 1 aliphatic carbocycles. The molecule has 0 spiro atoms. The van der Waals surface area contributed by atoms with E-state index in [1.807, 2.05) is 18.4 Å². The maximum Gasteiger partial charge on any atom is 0.261 e. The van der Waals surface area contributed by atoms with E-state index in [1.54, 1.807) is 14.2 Å². The molecule has 0 amide bonds. The van der Waals surface area contributed by atoms with Crippen molar-refractivity contribution in [1.29, 1.82) is 0 Å². The number of methoxy groups -OCH3 is 2. The summed E-state index contributed by atoms with van der Waals surface area (Å²) in [5.74, 6) is 1.43. The highest BCUT2D eigenvalue weighted by molar-refractivity contribution is 8.22. The molecule has 0 aliphatic heterocycles. The second kappa shape index (κ2) is 13.8. The van der Waals surface area contributed by atoms with E-state index in [2.05, 4.69) is 87.5 Å². The smallest absolute Gasteiger partial charge is 0.261 e. The molecule has 8 heteroatoms. The Morgan fingerprint density at radius 1 is 0.952 bits per heavy atom. The van der Waals surface area contributed by atoms with Crippen molar-refractivity contribution in [3.63, 3.8) is 0 Å². The van der Waals surface area contributed by atoms with E-state index >= 15 is 0 Å². The van der Waals surface area contributed by atoms with Crippen molar-refractivity contribution >= 4 is 52.8 Å². The Morgan fingerprint density at radius 3 is 2.07 bits per heavy atom. The predicted octanol–water partition coefficient (Wildman–Crippen LogP) is 6.69. The van der Waals surface area contributed by atoms with Crippen LogP contribution >= 0.6 is 24.0 Å². The normalized spacial score (nSPS) is 19.3. The number of ketones is 1. The summed E-state index contributed by atoms with van der Waals surface area (Å²) in [5.41, 5.74) is 0.708. The van der Waals surface area contributed by atoms with E-state index in [0.717, 1.165) is 5.56 Å². The minimum atomic E-state index is -2.73. The predicted molar refractivity (Wildman–Crippen MR) is 179 cm³/mol. The van der Waals surface area contributed by atoms with E-state index in [0.29, 0.717) is 48.2 Å². The zero-order chi connectivity index (χ0) is 30.4. The molecule has 1 saturated carbocycles. The van der Waals surface area contributed by atoms with Gasteiger partial charge in [-0.05, 0) is 64.4 Å². The molecule has 3 aromatic rings. The molecule has 1 aliphatic rings. The van der Waals surface area contributed by atoms with Crippen molar-refractivity contribution in [2.45, 2.75) is 63.0 Å². The molecule has 1 unspecified atom stereocenters. The van der Waals surface area contributed by atoms with Crippen LogP contribution in [0.4, 0.5) is 0 Å². The van der Waals surface area contributed by atoms with Crippen LogP contribution in [0.2, 0.25) is 5.04 Å². The van der Waals surface area contributed by atoms with E-state index in [9.17, 15) is 4.79 Å². The fourth-order valence-electron chi connectivity index (χ4n) is 6.33. The number of rotatable bonds is 10. The third kappa shape index (κ3) is 6.62. The summed E-state index contributed by atoms with van der Waals surface area (Å²) in [7, 11) is 0.553. The molecular formula is C34H42O5S2Si. The highest BCUT2D eigenvalue weighted by Crippen LogP contribution is 2.46. The molecule has 42 heavy (non-hydrogen) atoms. The lowest BCUT2D eigenvalue weighted by Crippen LogP contribution is -2.66. The van der Waals surface area contributed by atoms with Gasteiger partial charge in [-0.15, -0.1) is 0 Å². The van der Waals surface area contributed by atoms with Crippen LogP contribution in [0.3, 0.4) is 0 Å². The molecule has 2 atom stereocenters. The van der Waals surface area contributed by atoms with Crippen LogP contribution in [-0.2, 0) is 19.4 Å². The number of carbonyl (C=O) groups is 1. The van der Waals surface area contributed by atoms with Gasteiger partial charge in [-0.3, -0.25) is 4.79 Å². The quantitative estimate of drug-likeness (QED) is 0.184. The van der Waals surface area contributed by atoms with Crippen LogP contribution in [-0.4, -0.2) is 51.7 Å².